The zero-order valence-corrected chi connectivity index (χ0v) is 12.5. The van der Waals surface area contributed by atoms with Gasteiger partial charge in [0.2, 0.25) is 0 Å². The van der Waals surface area contributed by atoms with Gasteiger partial charge in [0.25, 0.3) is 0 Å². The Balaban J connectivity index is 2.20. The van der Waals surface area contributed by atoms with Crippen molar-refractivity contribution in [2.24, 2.45) is 0 Å². The molecule has 1 atom stereocenters. The second-order valence-electron chi connectivity index (χ2n) is 4.87. The summed E-state index contributed by atoms with van der Waals surface area (Å²) in [6.07, 6.45) is 2.88. The number of sulfone groups is 1. The molecule has 0 radical (unpaired) electrons. The highest BCUT2D eigenvalue weighted by Crippen LogP contribution is 2.27. The van der Waals surface area contributed by atoms with E-state index in [0.717, 1.165) is 25.1 Å². The Labute approximate surface area is 119 Å². The van der Waals surface area contributed by atoms with Gasteiger partial charge >= 0.3 is 5.97 Å². The lowest BCUT2D eigenvalue weighted by Crippen LogP contribution is -2.37. The molecule has 1 heterocycles. The van der Waals surface area contributed by atoms with E-state index in [-0.39, 0.29) is 16.9 Å². The van der Waals surface area contributed by atoms with Gasteiger partial charge in [0.15, 0.2) is 9.84 Å². The van der Waals surface area contributed by atoms with Gasteiger partial charge in [-0.15, -0.1) is 0 Å². The van der Waals surface area contributed by atoms with Crippen molar-refractivity contribution in [3.05, 3.63) is 24.3 Å². The second-order valence-corrected chi connectivity index (χ2v) is 6.89. The van der Waals surface area contributed by atoms with E-state index in [1.54, 1.807) is 31.2 Å². The van der Waals surface area contributed by atoms with Gasteiger partial charge in [0.1, 0.15) is 6.04 Å². The van der Waals surface area contributed by atoms with Crippen molar-refractivity contribution in [3.63, 3.8) is 0 Å². The summed E-state index contributed by atoms with van der Waals surface area (Å²) in [7, 11) is -3.19. The lowest BCUT2D eigenvalue weighted by Gasteiger charge is -2.25. The Kier molecular flexibility index (Phi) is 4.32. The van der Waals surface area contributed by atoms with Crippen molar-refractivity contribution in [1.82, 2.24) is 0 Å². The average Bonchev–Trinajstić information content (AvgIpc) is 2.87. The third-order valence-corrected chi connectivity index (χ3v) is 4.54. The zero-order valence-electron chi connectivity index (χ0n) is 11.7. The lowest BCUT2D eigenvalue weighted by atomic mass is 10.2. The summed E-state index contributed by atoms with van der Waals surface area (Å²) in [6, 6.07) is 6.37. The summed E-state index contributed by atoms with van der Waals surface area (Å²) in [5.41, 5.74) is 0.855. The number of ether oxygens (including phenoxy) is 1. The molecule has 1 aromatic carbocycles. The minimum atomic E-state index is -3.19. The maximum Gasteiger partial charge on any atom is 0.328 e. The Morgan fingerprint density at radius 3 is 2.55 bits per heavy atom. The summed E-state index contributed by atoms with van der Waals surface area (Å²) in [5, 5.41) is 0. The predicted molar refractivity (Wildman–Crippen MR) is 76.6 cm³/mol. The lowest BCUT2D eigenvalue weighted by molar-refractivity contribution is -0.144. The quantitative estimate of drug-likeness (QED) is 0.790. The van der Waals surface area contributed by atoms with Crippen LogP contribution in [0.3, 0.4) is 0 Å². The van der Waals surface area contributed by atoms with Gasteiger partial charge in [-0.3, -0.25) is 0 Å². The minimum absolute atomic E-state index is 0.211. The fourth-order valence-electron chi connectivity index (χ4n) is 2.44. The van der Waals surface area contributed by atoms with Crippen LogP contribution in [0, 0.1) is 0 Å². The fourth-order valence-corrected chi connectivity index (χ4v) is 3.07. The van der Waals surface area contributed by atoms with Crippen LogP contribution in [-0.2, 0) is 19.4 Å². The molecule has 1 fully saturated rings. The molecule has 2 rings (SSSR count). The maximum atomic E-state index is 11.9. The zero-order chi connectivity index (χ0) is 14.8. The van der Waals surface area contributed by atoms with E-state index in [4.69, 9.17) is 4.74 Å². The summed E-state index contributed by atoms with van der Waals surface area (Å²) in [6.45, 7) is 2.94. The molecule has 0 N–H and O–H groups in total. The van der Waals surface area contributed by atoms with Crippen molar-refractivity contribution in [3.8, 4) is 0 Å². The molecule has 0 amide bonds. The normalized spacial score (nSPS) is 19.1. The number of esters is 1. The van der Waals surface area contributed by atoms with Crippen LogP contribution in [0.2, 0.25) is 0 Å². The maximum absolute atomic E-state index is 11.9. The highest BCUT2D eigenvalue weighted by Gasteiger charge is 2.31. The van der Waals surface area contributed by atoms with Crippen LogP contribution < -0.4 is 4.90 Å². The summed E-state index contributed by atoms with van der Waals surface area (Å²) >= 11 is 0. The number of anilines is 1. The third-order valence-electron chi connectivity index (χ3n) is 3.41. The smallest absolute Gasteiger partial charge is 0.328 e. The molecule has 110 valence electrons. The molecule has 0 aromatic heterocycles. The molecule has 1 unspecified atom stereocenters. The van der Waals surface area contributed by atoms with Crippen molar-refractivity contribution in [2.75, 3.05) is 24.3 Å². The van der Waals surface area contributed by atoms with E-state index in [2.05, 4.69) is 0 Å². The average molecular weight is 297 g/mol. The number of hydrogen-bond acceptors (Lipinski definition) is 5. The second kappa shape index (κ2) is 5.83. The van der Waals surface area contributed by atoms with Crippen molar-refractivity contribution in [1.29, 1.82) is 0 Å². The standard InChI is InChI=1S/C14H19NO4S/c1-3-19-14(16)13-5-4-10-15(13)11-6-8-12(9-7-11)20(2,17)18/h6-9,13H,3-5,10H2,1-2H3. The van der Waals surface area contributed by atoms with E-state index in [0.29, 0.717) is 6.61 Å². The molecule has 20 heavy (non-hydrogen) atoms. The molecular formula is C14H19NO4S. The first-order valence-corrected chi connectivity index (χ1v) is 8.56. The van der Waals surface area contributed by atoms with Gasteiger partial charge in [0.05, 0.1) is 11.5 Å². The Bertz CT molecular complexity index is 580. The number of hydrogen-bond donors (Lipinski definition) is 0. The van der Waals surface area contributed by atoms with Crippen LogP contribution in [0.25, 0.3) is 0 Å². The Hall–Kier alpha value is -1.56. The topological polar surface area (TPSA) is 63.7 Å². The fraction of sp³-hybridized carbons (Fsp3) is 0.500. The molecule has 0 bridgehead atoms. The minimum Gasteiger partial charge on any atom is -0.464 e. The van der Waals surface area contributed by atoms with E-state index < -0.39 is 9.84 Å². The molecule has 1 saturated heterocycles. The SMILES string of the molecule is CCOC(=O)C1CCCN1c1ccc(S(C)(=O)=O)cc1. The van der Waals surface area contributed by atoms with Crippen molar-refractivity contribution in [2.45, 2.75) is 30.7 Å². The van der Waals surface area contributed by atoms with Crippen LogP contribution in [0.5, 0.6) is 0 Å². The van der Waals surface area contributed by atoms with Gasteiger partial charge < -0.3 is 9.64 Å². The van der Waals surface area contributed by atoms with Crippen LogP contribution in [0.15, 0.2) is 29.2 Å². The largest absolute Gasteiger partial charge is 0.464 e. The number of carbonyl (C=O) groups excluding carboxylic acids is 1. The predicted octanol–water partition coefficient (Wildman–Crippen LogP) is 1.62. The van der Waals surface area contributed by atoms with Gasteiger partial charge in [0, 0.05) is 18.5 Å². The Morgan fingerprint density at radius 1 is 1.35 bits per heavy atom. The first-order chi connectivity index (χ1) is 9.43. The van der Waals surface area contributed by atoms with Gasteiger partial charge in [-0.05, 0) is 44.0 Å². The molecule has 1 aliphatic heterocycles. The van der Waals surface area contributed by atoms with Crippen LogP contribution in [0.4, 0.5) is 5.69 Å². The van der Waals surface area contributed by atoms with Crippen LogP contribution in [0.1, 0.15) is 19.8 Å². The van der Waals surface area contributed by atoms with E-state index in [1.165, 1.54) is 6.26 Å². The molecule has 1 aromatic rings. The van der Waals surface area contributed by atoms with Gasteiger partial charge in [-0.25, -0.2) is 13.2 Å². The Morgan fingerprint density at radius 2 is 2.00 bits per heavy atom. The number of nitrogens with zero attached hydrogens (tertiary/aromatic N) is 1. The summed E-state index contributed by atoms with van der Waals surface area (Å²) < 4.78 is 27.9. The molecule has 1 aliphatic rings. The van der Waals surface area contributed by atoms with E-state index in [9.17, 15) is 13.2 Å². The van der Waals surface area contributed by atoms with Crippen molar-refractivity contribution < 1.29 is 17.9 Å². The van der Waals surface area contributed by atoms with Crippen LogP contribution >= 0.6 is 0 Å². The monoisotopic (exact) mass is 297 g/mol. The van der Waals surface area contributed by atoms with Gasteiger partial charge in [-0.1, -0.05) is 0 Å². The number of benzene rings is 1. The number of rotatable bonds is 4. The highest BCUT2D eigenvalue weighted by molar-refractivity contribution is 7.90. The molecule has 5 nitrogen and oxygen atoms in total. The van der Waals surface area contributed by atoms with E-state index >= 15 is 0 Å². The van der Waals surface area contributed by atoms with Crippen LogP contribution in [-0.4, -0.2) is 39.8 Å². The van der Waals surface area contributed by atoms with E-state index in [1.807, 2.05) is 4.90 Å². The molecule has 0 aliphatic carbocycles. The highest BCUT2D eigenvalue weighted by atomic mass is 32.2. The molecule has 6 heteroatoms. The molecule has 0 saturated carbocycles. The van der Waals surface area contributed by atoms with Crippen molar-refractivity contribution >= 4 is 21.5 Å². The number of carbonyl (C=O) groups is 1. The molecular weight excluding hydrogens is 278 g/mol. The third kappa shape index (κ3) is 3.12. The summed E-state index contributed by atoms with van der Waals surface area (Å²) in [4.78, 5) is 14.2. The first-order valence-electron chi connectivity index (χ1n) is 6.67. The molecule has 0 spiro atoms. The summed E-state index contributed by atoms with van der Waals surface area (Å²) in [5.74, 6) is -0.211. The van der Waals surface area contributed by atoms with Gasteiger partial charge in [-0.2, -0.15) is 0 Å². The first kappa shape index (κ1) is 14.8.